The quantitative estimate of drug-likeness (QED) is 0.260. The van der Waals surface area contributed by atoms with Crippen LogP contribution < -0.4 is 0 Å². The molecular formula is C31H32N4O4S2. The number of imidazole rings is 2. The van der Waals surface area contributed by atoms with Gasteiger partial charge in [-0.1, -0.05) is 59.9 Å². The Morgan fingerprint density at radius 2 is 1.05 bits per heavy atom. The van der Waals surface area contributed by atoms with Crippen molar-refractivity contribution in [2.24, 2.45) is 25.9 Å². The Morgan fingerprint density at radius 3 is 1.46 bits per heavy atom. The third kappa shape index (κ3) is 5.55. The van der Waals surface area contributed by atoms with E-state index in [1.807, 2.05) is 96.3 Å². The topological polar surface area (TPSA) is 88.2 Å². The van der Waals surface area contributed by atoms with E-state index in [4.69, 9.17) is 19.4 Å². The van der Waals surface area contributed by atoms with Crippen LogP contribution in [0.4, 0.5) is 0 Å². The lowest BCUT2D eigenvalue weighted by Gasteiger charge is -2.48. The van der Waals surface area contributed by atoms with Gasteiger partial charge in [0.1, 0.15) is 0 Å². The normalized spacial score (nSPS) is 23.1. The monoisotopic (exact) mass is 588 g/mol. The molecule has 0 N–H and O–H groups in total. The third-order valence-corrected chi connectivity index (χ3v) is 10.1. The fraction of sp³-hybridized carbons (Fsp3) is 0.355. The molecule has 1 saturated heterocycles. The van der Waals surface area contributed by atoms with E-state index in [1.54, 1.807) is 23.5 Å². The molecule has 4 atom stereocenters. The number of rotatable bonds is 6. The van der Waals surface area contributed by atoms with Crippen LogP contribution in [-0.4, -0.2) is 44.3 Å². The standard InChI is InChI=1S/C31H32N4O4S2/c1-34-22(18-32-30(34)40-20-12-6-3-7-13-20)24-25(23-19-33-31(35(23)2)41-21-14-8-4-9-15-21)27-26(24)28(36)38-16-10-5-11-17-39-29(27)37/h3-4,6-9,12-15,18-19,24-27H,5,10-11,16-17H2,1-2H3/t24-,25+,26+,27-. The Hall–Kier alpha value is -3.50. The number of esters is 2. The first kappa shape index (κ1) is 27.7. The molecule has 8 nitrogen and oxygen atoms in total. The lowest BCUT2D eigenvalue weighted by molar-refractivity contribution is -0.172. The van der Waals surface area contributed by atoms with Crippen LogP contribution in [0, 0.1) is 11.8 Å². The molecule has 0 spiro atoms. The highest BCUT2D eigenvalue weighted by Gasteiger charge is 2.61. The molecule has 6 rings (SSSR count). The second kappa shape index (κ2) is 12.2. The molecule has 41 heavy (non-hydrogen) atoms. The molecule has 0 amide bonds. The third-order valence-electron chi connectivity index (χ3n) is 7.92. The fourth-order valence-corrected chi connectivity index (χ4v) is 7.50. The van der Waals surface area contributed by atoms with Crippen molar-refractivity contribution >= 4 is 35.5 Å². The summed E-state index contributed by atoms with van der Waals surface area (Å²) in [7, 11) is 3.93. The van der Waals surface area contributed by atoms with E-state index < -0.39 is 11.8 Å². The minimum Gasteiger partial charge on any atom is -0.465 e. The molecule has 2 fully saturated rings. The zero-order valence-corrected chi connectivity index (χ0v) is 24.6. The largest absolute Gasteiger partial charge is 0.465 e. The molecule has 2 aromatic carbocycles. The molecule has 0 unspecified atom stereocenters. The van der Waals surface area contributed by atoms with Crippen molar-refractivity contribution < 1.29 is 19.1 Å². The summed E-state index contributed by atoms with van der Waals surface area (Å²) in [5.74, 6) is -2.70. The molecule has 0 radical (unpaired) electrons. The molecule has 10 heteroatoms. The fourth-order valence-electron chi connectivity index (χ4n) is 5.80. The zero-order valence-electron chi connectivity index (χ0n) is 23.0. The number of hydrogen-bond acceptors (Lipinski definition) is 8. The molecule has 212 valence electrons. The van der Waals surface area contributed by atoms with E-state index in [0.717, 1.165) is 50.8 Å². The van der Waals surface area contributed by atoms with Gasteiger partial charge in [0.15, 0.2) is 10.3 Å². The first-order chi connectivity index (χ1) is 20.0. The number of nitrogens with zero attached hydrogens (tertiary/aromatic N) is 4. The van der Waals surface area contributed by atoms with Crippen LogP contribution in [0.15, 0.2) is 93.2 Å². The first-order valence-corrected chi connectivity index (χ1v) is 15.5. The van der Waals surface area contributed by atoms with Crippen molar-refractivity contribution in [3.05, 3.63) is 84.4 Å². The summed E-state index contributed by atoms with van der Waals surface area (Å²) < 4.78 is 15.5. The van der Waals surface area contributed by atoms with Crippen molar-refractivity contribution in [2.45, 2.75) is 51.2 Å². The summed E-state index contributed by atoms with van der Waals surface area (Å²) in [6.45, 7) is 0.690. The summed E-state index contributed by atoms with van der Waals surface area (Å²) in [6.07, 6.45) is 6.00. The molecular weight excluding hydrogens is 556 g/mol. The first-order valence-electron chi connectivity index (χ1n) is 13.8. The molecule has 4 aromatic rings. The van der Waals surface area contributed by atoms with Crippen molar-refractivity contribution in [1.29, 1.82) is 0 Å². The predicted octanol–water partition coefficient (Wildman–Crippen LogP) is 5.84. The summed E-state index contributed by atoms with van der Waals surface area (Å²) in [4.78, 5) is 38.7. The predicted molar refractivity (Wildman–Crippen MR) is 156 cm³/mol. The van der Waals surface area contributed by atoms with Gasteiger partial charge in [-0.05, 0) is 43.5 Å². The van der Waals surface area contributed by atoms with Crippen molar-refractivity contribution in [3.63, 3.8) is 0 Å². The Kier molecular flexibility index (Phi) is 8.20. The zero-order chi connectivity index (χ0) is 28.3. The van der Waals surface area contributed by atoms with E-state index in [9.17, 15) is 9.59 Å². The van der Waals surface area contributed by atoms with Crippen LogP contribution in [-0.2, 0) is 33.2 Å². The molecule has 2 aliphatic rings. The summed E-state index contributed by atoms with van der Waals surface area (Å²) in [5, 5.41) is 1.62. The highest BCUT2D eigenvalue weighted by atomic mass is 32.2. The molecule has 1 aliphatic carbocycles. The summed E-state index contributed by atoms with van der Waals surface area (Å²) in [5.41, 5.74) is 1.76. The van der Waals surface area contributed by atoms with Crippen molar-refractivity contribution in [2.75, 3.05) is 13.2 Å². The smallest absolute Gasteiger partial charge is 0.310 e. The van der Waals surface area contributed by atoms with Crippen LogP contribution in [0.5, 0.6) is 0 Å². The van der Waals surface area contributed by atoms with E-state index in [0.29, 0.717) is 13.2 Å². The van der Waals surface area contributed by atoms with Gasteiger partial charge in [-0.2, -0.15) is 0 Å². The Morgan fingerprint density at radius 1 is 0.634 bits per heavy atom. The molecule has 0 bridgehead atoms. The SMILES string of the molecule is Cn1c([C@@H]2[C@H]3C(=O)OCCCCCOC(=O)[C@H]3[C@@H]2c2cnc(Sc3ccccc3)n2C)cnc1Sc1ccccc1. The van der Waals surface area contributed by atoms with Gasteiger partial charge in [0.2, 0.25) is 0 Å². The number of benzene rings is 2. The molecule has 1 aliphatic heterocycles. The van der Waals surface area contributed by atoms with Crippen LogP contribution in [0.25, 0.3) is 0 Å². The number of fused-ring (bicyclic) bond motifs is 1. The maximum absolute atomic E-state index is 13.6. The lowest BCUT2D eigenvalue weighted by atomic mass is 9.54. The van der Waals surface area contributed by atoms with Crippen LogP contribution in [0.2, 0.25) is 0 Å². The minimum atomic E-state index is -0.671. The van der Waals surface area contributed by atoms with Gasteiger partial charge < -0.3 is 18.6 Å². The number of carbonyl (C=O) groups excluding carboxylic acids is 2. The Bertz CT molecular complexity index is 1410. The van der Waals surface area contributed by atoms with Crippen molar-refractivity contribution in [3.8, 4) is 0 Å². The van der Waals surface area contributed by atoms with E-state index in [2.05, 4.69) is 0 Å². The van der Waals surface area contributed by atoms with Gasteiger partial charge in [-0.15, -0.1) is 0 Å². The number of cyclic esters (lactones) is 2. The van der Waals surface area contributed by atoms with E-state index in [1.165, 1.54) is 0 Å². The highest BCUT2D eigenvalue weighted by Crippen LogP contribution is 2.59. The van der Waals surface area contributed by atoms with Gasteiger partial charge in [-0.3, -0.25) is 9.59 Å². The van der Waals surface area contributed by atoms with Crippen LogP contribution in [0.1, 0.15) is 42.5 Å². The second-order valence-corrected chi connectivity index (χ2v) is 12.5. The van der Waals surface area contributed by atoms with Crippen molar-refractivity contribution in [1.82, 2.24) is 19.1 Å². The van der Waals surface area contributed by atoms with Gasteiger partial charge >= 0.3 is 11.9 Å². The molecule has 2 aromatic heterocycles. The van der Waals surface area contributed by atoms with Gasteiger partial charge in [-0.25, -0.2) is 9.97 Å². The maximum Gasteiger partial charge on any atom is 0.310 e. The lowest BCUT2D eigenvalue weighted by Crippen LogP contribution is -2.53. The maximum atomic E-state index is 13.6. The van der Waals surface area contributed by atoms with E-state index in [-0.39, 0.29) is 23.8 Å². The highest BCUT2D eigenvalue weighted by molar-refractivity contribution is 7.99. The Balaban J connectivity index is 1.39. The van der Waals surface area contributed by atoms with Gasteiger partial charge in [0, 0.05) is 59.5 Å². The average molecular weight is 589 g/mol. The summed E-state index contributed by atoms with van der Waals surface area (Å²) in [6, 6.07) is 20.1. The van der Waals surface area contributed by atoms with Crippen LogP contribution in [0.3, 0.4) is 0 Å². The molecule has 1 saturated carbocycles. The number of ether oxygens (including phenoxy) is 2. The van der Waals surface area contributed by atoms with Gasteiger partial charge in [0.05, 0.1) is 25.0 Å². The second-order valence-electron chi connectivity index (χ2n) is 10.4. The average Bonchev–Trinajstić information content (AvgIpc) is 3.49. The van der Waals surface area contributed by atoms with E-state index >= 15 is 0 Å². The van der Waals surface area contributed by atoms with Gasteiger partial charge in [0.25, 0.3) is 0 Å². The number of hydrogen-bond donors (Lipinski definition) is 0. The van der Waals surface area contributed by atoms with Crippen LogP contribution >= 0.6 is 23.5 Å². The minimum absolute atomic E-state index is 0.326. The Labute approximate surface area is 247 Å². The number of carbonyl (C=O) groups is 2. The number of aromatic nitrogens is 4. The summed E-state index contributed by atoms with van der Waals surface area (Å²) >= 11 is 3.13. The molecule has 3 heterocycles.